The van der Waals surface area contributed by atoms with Crippen LogP contribution in [0.5, 0.6) is 11.5 Å². The van der Waals surface area contributed by atoms with E-state index in [0.717, 1.165) is 23.3 Å². The first-order valence-corrected chi connectivity index (χ1v) is 9.22. The van der Waals surface area contributed by atoms with Crippen molar-refractivity contribution in [3.8, 4) is 11.5 Å². The number of benzene rings is 2. The third-order valence-corrected chi connectivity index (χ3v) is 5.36. The Kier molecular flexibility index (Phi) is 6.17. The zero-order valence-electron chi connectivity index (χ0n) is 14.7. The number of nitrogens with one attached hydrogen (secondary N) is 1. The Morgan fingerprint density at radius 1 is 1.08 bits per heavy atom. The molecule has 0 radical (unpaired) electrons. The fourth-order valence-electron chi connectivity index (χ4n) is 2.44. The molecule has 2 aromatic rings. The molecule has 140 valence electrons. The number of nitro benzene ring substituents is 1. The van der Waals surface area contributed by atoms with E-state index in [0.29, 0.717) is 17.9 Å². The summed E-state index contributed by atoms with van der Waals surface area (Å²) in [5, 5.41) is 10.6. The summed E-state index contributed by atoms with van der Waals surface area (Å²) in [6.45, 7) is 2.08. The highest BCUT2D eigenvalue weighted by molar-refractivity contribution is 7.89. The lowest BCUT2D eigenvalue weighted by Gasteiger charge is -2.13. The Balaban J connectivity index is 2.07. The van der Waals surface area contributed by atoms with Gasteiger partial charge in [0, 0.05) is 18.7 Å². The van der Waals surface area contributed by atoms with Crippen molar-refractivity contribution in [3.63, 3.8) is 0 Å². The molecular formula is C17H20N2O6S. The number of nitrogens with zero attached hydrogens (tertiary/aromatic N) is 1. The van der Waals surface area contributed by atoms with Crippen LogP contribution < -0.4 is 14.2 Å². The molecule has 0 heterocycles. The van der Waals surface area contributed by atoms with Crippen molar-refractivity contribution < 1.29 is 22.8 Å². The molecule has 1 N–H and O–H groups in total. The topological polar surface area (TPSA) is 108 Å². The molecule has 0 aliphatic rings. The molecule has 9 heteroatoms. The molecular weight excluding hydrogens is 360 g/mol. The van der Waals surface area contributed by atoms with Gasteiger partial charge in [-0.25, -0.2) is 13.1 Å². The van der Waals surface area contributed by atoms with Crippen LogP contribution in [0, 0.1) is 17.0 Å². The normalized spacial score (nSPS) is 11.2. The van der Waals surface area contributed by atoms with Crippen LogP contribution in [0.2, 0.25) is 0 Å². The highest BCUT2D eigenvalue weighted by Gasteiger charge is 2.16. The molecule has 2 rings (SSSR count). The minimum absolute atomic E-state index is 0.0212. The van der Waals surface area contributed by atoms with Gasteiger partial charge in [0.25, 0.3) is 5.69 Å². The number of methoxy groups -OCH3 is 2. The average Bonchev–Trinajstić information content (AvgIpc) is 2.62. The summed E-state index contributed by atoms with van der Waals surface area (Å²) >= 11 is 0. The van der Waals surface area contributed by atoms with Crippen LogP contribution in [0.1, 0.15) is 11.1 Å². The zero-order valence-corrected chi connectivity index (χ0v) is 15.5. The van der Waals surface area contributed by atoms with Crippen molar-refractivity contribution in [1.29, 1.82) is 0 Å². The maximum Gasteiger partial charge on any atom is 0.269 e. The van der Waals surface area contributed by atoms with Gasteiger partial charge in [-0.15, -0.1) is 0 Å². The number of sulfonamides is 1. The Labute approximate surface area is 152 Å². The zero-order chi connectivity index (χ0) is 19.3. The number of ether oxygens (including phenoxy) is 2. The smallest absolute Gasteiger partial charge is 0.269 e. The van der Waals surface area contributed by atoms with Crippen molar-refractivity contribution in [2.75, 3.05) is 20.8 Å². The van der Waals surface area contributed by atoms with Gasteiger partial charge < -0.3 is 9.47 Å². The highest BCUT2D eigenvalue weighted by Crippen LogP contribution is 2.30. The first-order valence-electron chi connectivity index (χ1n) is 7.74. The molecule has 26 heavy (non-hydrogen) atoms. The lowest BCUT2D eigenvalue weighted by Crippen LogP contribution is -2.26. The summed E-state index contributed by atoms with van der Waals surface area (Å²) in [6, 6.07) is 8.39. The summed E-state index contributed by atoms with van der Waals surface area (Å²) in [5.41, 5.74) is 1.72. The summed E-state index contributed by atoms with van der Waals surface area (Å²) in [7, 11) is -0.656. The highest BCUT2D eigenvalue weighted by atomic mass is 32.2. The van der Waals surface area contributed by atoms with Crippen LogP contribution in [0.15, 0.2) is 41.3 Å². The minimum atomic E-state index is -3.74. The largest absolute Gasteiger partial charge is 0.493 e. The fraction of sp³-hybridized carbons (Fsp3) is 0.294. The number of rotatable bonds is 8. The van der Waals surface area contributed by atoms with E-state index in [1.807, 2.05) is 19.1 Å². The van der Waals surface area contributed by atoms with Gasteiger partial charge in [-0.3, -0.25) is 10.1 Å². The molecule has 0 aromatic heterocycles. The molecule has 0 unspecified atom stereocenters. The average molecular weight is 380 g/mol. The van der Waals surface area contributed by atoms with Crippen molar-refractivity contribution in [1.82, 2.24) is 4.72 Å². The molecule has 0 amide bonds. The summed E-state index contributed by atoms with van der Waals surface area (Å²) in [4.78, 5) is 10.0. The lowest BCUT2D eigenvalue weighted by atomic mass is 10.0. The number of non-ortho nitro benzene ring substituents is 1. The van der Waals surface area contributed by atoms with Gasteiger partial charge in [-0.2, -0.15) is 0 Å². The molecule has 0 saturated carbocycles. The Hall–Kier alpha value is -2.65. The molecule has 0 saturated heterocycles. The van der Waals surface area contributed by atoms with Crippen LogP contribution >= 0.6 is 0 Å². The first kappa shape index (κ1) is 19.7. The summed E-state index contributed by atoms with van der Waals surface area (Å²) in [5.74, 6) is 1.19. The molecule has 8 nitrogen and oxygen atoms in total. The number of hydrogen-bond donors (Lipinski definition) is 1. The van der Waals surface area contributed by atoms with Crippen LogP contribution in [0.3, 0.4) is 0 Å². The van der Waals surface area contributed by atoms with Crippen molar-refractivity contribution in [3.05, 3.63) is 57.6 Å². The predicted molar refractivity (Wildman–Crippen MR) is 96.3 cm³/mol. The standard InChI is InChI=1S/C17H20N2O6S/c1-12-10-16(24-2)17(25-3)11-13(12)8-9-18-26(22,23)15-6-4-14(5-7-15)19(20)21/h4-7,10-11,18H,8-9H2,1-3H3. The number of nitro groups is 1. The van der Waals surface area contributed by atoms with Crippen LogP contribution in [0.25, 0.3) is 0 Å². The first-order chi connectivity index (χ1) is 12.3. The molecule has 0 fully saturated rings. The van der Waals surface area contributed by atoms with Crippen molar-refractivity contribution in [2.24, 2.45) is 0 Å². The number of aryl methyl sites for hydroxylation is 1. The molecule has 0 aliphatic carbocycles. The van der Waals surface area contributed by atoms with E-state index in [4.69, 9.17) is 9.47 Å². The van der Waals surface area contributed by atoms with Gasteiger partial charge in [-0.05, 0) is 48.7 Å². The number of hydrogen-bond acceptors (Lipinski definition) is 6. The van der Waals surface area contributed by atoms with Gasteiger partial charge in [0.2, 0.25) is 10.0 Å². The second kappa shape index (κ2) is 8.15. The monoisotopic (exact) mass is 380 g/mol. The van der Waals surface area contributed by atoms with Gasteiger partial charge >= 0.3 is 0 Å². The molecule has 0 bridgehead atoms. The van der Waals surface area contributed by atoms with E-state index in [1.54, 1.807) is 7.11 Å². The lowest BCUT2D eigenvalue weighted by molar-refractivity contribution is -0.384. The van der Waals surface area contributed by atoms with Crippen molar-refractivity contribution >= 4 is 15.7 Å². The van der Waals surface area contributed by atoms with Gasteiger partial charge in [0.1, 0.15) is 0 Å². The summed E-state index contributed by atoms with van der Waals surface area (Å²) in [6.07, 6.45) is 0.457. The molecule has 0 aliphatic heterocycles. The Bertz CT molecular complexity index is 894. The maximum absolute atomic E-state index is 12.3. The van der Waals surface area contributed by atoms with Crippen LogP contribution in [-0.4, -0.2) is 34.1 Å². The van der Waals surface area contributed by atoms with E-state index in [1.165, 1.54) is 19.2 Å². The van der Waals surface area contributed by atoms with Gasteiger partial charge in [-0.1, -0.05) is 0 Å². The predicted octanol–water partition coefficient (Wildman–Crippen LogP) is 2.44. The second-order valence-electron chi connectivity index (χ2n) is 5.53. The quantitative estimate of drug-likeness (QED) is 0.557. The summed E-state index contributed by atoms with van der Waals surface area (Å²) < 4.78 is 37.6. The van der Waals surface area contributed by atoms with E-state index in [-0.39, 0.29) is 17.1 Å². The molecule has 0 atom stereocenters. The molecule has 2 aromatic carbocycles. The Morgan fingerprint density at radius 3 is 2.19 bits per heavy atom. The van der Waals surface area contributed by atoms with Crippen LogP contribution in [0.4, 0.5) is 5.69 Å². The van der Waals surface area contributed by atoms with E-state index < -0.39 is 14.9 Å². The van der Waals surface area contributed by atoms with E-state index in [2.05, 4.69) is 4.72 Å². The Morgan fingerprint density at radius 2 is 1.65 bits per heavy atom. The van der Waals surface area contributed by atoms with E-state index >= 15 is 0 Å². The van der Waals surface area contributed by atoms with E-state index in [9.17, 15) is 18.5 Å². The van der Waals surface area contributed by atoms with Gasteiger partial charge in [0.05, 0.1) is 24.0 Å². The third kappa shape index (κ3) is 4.50. The minimum Gasteiger partial charge on any atom is -0.493 e. The van der Waals surface area contributed by atoms with Crippen molar-refractivity contribution in [2.45, 2.75) is 18.2 Å². The SMILES string of the molecule is COc1cc(C)c(CCNS(=O)(=O)c2ccc([N+](=O)[O-])cc2)cc1OC. The fourth-order valence-corrected chi connectivity index (χ4v) is 3.47. The van der Waals surface area contributed by atoms with Crippen LogP contribution in [-0.2, 0) is 16.4 Å². The maximum atomic E-state index is 12.3. The molecule has 0 spiro atoms. The third-order valence-electron chi connectivity index (χ3n) is 3.89. The van der Waals surface area contributed by atoms with Gasteiger partial charge in [0.15, 0.2) is 11.5 Å². The second-order valence-corrected chi connectivity index (χ2v) is 7.30.